The van der Waals surface area contributed by atoms with Crippen LogP contribution in [0.1, 0.15) is 10.4 Å². The number of hydrogen-bond donors (Lipinski definition) is 2. The standard InChI is InChI=1S/C13H9Cl2FN2O/c14-8-4-1-3-7(11(8)16)13(19)18-12-9(15)5-2-6-10(12)17/h1-6H,17H2,(H,18,19). The molecule has 2 aromatic rings. The van der Waals surface area contributed by atoms with Crippen LogP contribution in [0, 0.1) is 5.82 Å². The number of benzene rings is 2. The van der Waals surface area contributed by atoms with Crippen molar-refractivity contribution in [1.82, 2.24) is 0 Å². The average Bonchev–Trinajstić information content (AvgIpc) is 2.37. The maximum absolute atomic E-state index is 13.7. The Morgan fingerprint density at radius 2 is 1.74 bits per heavy atom. The molecule has 0 aliphatic rings. The second-order valence-electron chi connectivity index (χ2n) is 3.76. The van der Waals surface area contributed by atoms with Gasteiger partial charge in [-0.15, -0.1) is 0 Å². The van der Waals surface area contributed by atoms with Gasteiger partial charge in [0.05, 0.1) is 27.0 Å². The van der Waals surface area contributed by atoms with Crippen molar-refractivity contribution in [3.63, 3.8) is 0 Å². The van der Waals surface area contributed by atoms with Gasteiger partial charge in [0.25, 0.3) is 5.91 Å². The second kappa shape index (κ2) is 5.47. The minimum atomic E-state index is -0.785. The highest BCUT2D eigenvalue weighted by molar-refractivity contribution is 6.35. The van der Waals surface area contributed by atoms with E-state index in [0.717, 1.165) is 0 Å². The number of halogens is 3. The molecule has 1 amide bonds. The maximum Gasteiger partial charge on any atom is 0.258 e. The summed E-state index contributed by atoms with van der Waals surface area (Å²) in [6.07, 6.45) is 0. The Morgan fingerprint density at radius 3 is 2.42 bits per heavy atom. The van der Waals surface area contributed by atoms with Crippen LogP contribution in [0.4, 0.5) is 15.8 Å². The number of carbonyl (C=O) groups excluding carboxylic acids is 1. The highest BCUT2D eigenvalue weighted by Gasteiger charge is 2.16. The first-order chi connectivity index (χ1) is 9.00. The van der Waals surface area contributed by atoms with E-state index in [4.69, 9.17) is 28.9 Å². The lowest BCUT2D eigenvalue weighted by molar-refractivity contribution is 0.102. The van der Waals surface area contributed by atoms with Gasteiger partial charge in [0.15, 0.2) is 5.82 Å². The van der Waals surface area contributed by atoms with Crippen molar-refractivity contribution in [2.75, 3.05) is 11.1 Å². The molecular weight excluding hydrogens is 290 g/mol. The number of nitrogens with one attached hydrogen (secondary N) is 1. The summed E-state index contributed by atoms with van der Waals surface area (Å²) in [5, 5.41) is 2.62. The summed E-state index contributed by atoms with van der Waals surface area (Å²) in [6.45, 7) is 0. The first kappa shape index (κ1) is 13.6. The molecule has 0 saturated carbocycles. The number of hydrogen-bond acceptors (Lipinski definition) is 2. The predicted octanol–water partition coefficient (Wildman–Crippen LogP) is 3.97. The quantitative estimate of drug-likeness (QED) is 0.824. The van der Waals surface area contributed by atoms with Crippen LogP contribution in [0.3, 0.4) is 0 Å². The number of rotatable bonds is 2. The molecule has 0 aliphatic carbocycles. The van der Waals surface area contributed by atoms with Gasteiger partial charge >= 0.3 is 0 Å². The lowest BCUT2D eigenvalue weighted by Crippen LogP contribution is -2.15. The van der Waals surface area contributed by atoms with E-state index in [1.165, 1.54) is 18.2 Å². The molecule has 3 nitrogen and oxygen atoms in total. The highest BCUT2D eigenvalue weighted by atomic mass is 35.5. The number of amides is 1. The van der Waals surface area contributed by atoms with E-state index in [1.54, 1.807) is 18.2 Å². The van der Waals surface area contributed by atoms with Crippen molar-refractivity contribution in [3.8, 4) is 0 Å². The number of nitrogen functional groups attached to an aromatic ring is 1. The van der Waals surface area contributed by atoms with E-state index in [0.29, 0.717) is 5.69 Å². The zero-order chi connectivity index (χ0) is 14.0. The lowest BCUT2D eigenvalue weighted by Gasteiger charge is -2.10. The summed E-state index contributed by atoms with van der Waals surface area (Å²) < 4.78 is 13.7. The van der Waals surface area contributed by atoms with Gasteiger partial charge in [-0.05, 0) is 24.3 Å². The summed E-state index contributed by atoms with van der Waals surface area (Å²) in [5.74, 6) is -1.45. The van der Waals surface area contributed by atoms with E-state index in [2.05, 4.69) is 5.32 Å². The molecule has 0 saturated heterocycles. The Hall–Kier alpha value is -1.78. The van der Waals surface area contributed by atoms with E-state index in [1.807, 2.05) is 0 Å². The minimum absolute atomic E-state index is 0.125. The SMILES string of the molecule is Nc1cccc(Cl)c1NC(=O)c1cccc(Cl)c1F. The molecule has 2 aromatic carbocycles. The Bertz CT molecular complexity index is 626. The number of carbonyl (C=O) groups is 1. The zero-order valence-electron chi connectivity index (χ0n) is 9.58. The molecule has 0 heterocycles. The Balaban J connectivity index is 2.34. The number of nitrogens with two attached hydrogens (primary N) is 1. The van der Waals surface area contributed by atoms with E-state index < -0.39 is 11.7 Å². The molecule has 0 bridgehead atoms. The zero-order valence-corrected chi connectivity index (χ0v) is 11.1. The molecular formula is C13H9Cl2FN2O. The van der Waals surface area contributed by atoms with Crippen LogP contribution in [0.25, 0.3) is 0 Å². The topological polar surface area (TPSA) is 55.1 Å². The maximum atomic E-state index is 13.7. The van der Waals surface area contributed by atoms with Gasteiger partial charge in [0.1, 0.15) is 0 Å². The fraction of sp³-hybridized carbons (Fsp3) is 0. The molecule has 0 radical (unpaired) electrons. The van der Waals surface area contributed by atoms with Gasteiger partial charge in [-0.25, -0.2) is 4.39 Å². The Kier molecular flexibility index (Phi) is 3.93. The second-order valence-corrected chi connectivity index (χ2v) is 4.57. The molecule has 98 valence electrons. The van der Waals surface area contributed by atoms with Crippen molar-refractivity contribution >= 4 is 40.5 Å². The molecule has 3 N–H and O–H groups in total. The summed E-state index contributed by atoms with van der Waals surface area (Å²) in [6, 6.07) is 8.96. The minimum Gasteiger partial charge on any atom is -0.397 e. The number of para-hydroxylation sites is 1. The molecule has 19 heavy (non-hydrogen) atoms. The van der Waals surface area contributed by atoms with Gasteiger partial charge in [-0.3, -0.25) is 4.79 Å². The van der Waals surface area contributed by atoms with Crippen molar-refractivity contribution in [1.29, 1.82) is 0 Å². The molecule has 0 atom stereocenters. The highest BCUT2D eigenvalue weighted by Crippen LogP contribution is 2.29. The van der Waals surface area contributed by atoms with E-state index in [9.17, 15) is 9.18 Å². The fourth-order valence-electron chi connectivity index (χ4n) is 1.53. The summed E-state index contributed by atoms with van der Waals surface area (Å²) >= 11 is 11.5. The normalized spacial score (nSPS) is 10.3. The third-order valence-corrected chi connectivity index (χ3v) is 3.09. The van der Waals surface area contributed by atoms with Crippen LogP contribution >= 0.6 is 23.2 Å². The molecule has 0 spiro atoms. The molecule has 2 rings (SSSR count). The largest absolute Gasteiger partial charge is 0.397 e. The average molecular weight is 299 g/mol. The van der Waals surface area contributed by atoms with Crippen LogP contribution in [-0.4, -0.2) is 5.91 Å². The lowest BCUT2D eigenvalue weighted by atomic mass is 10.2. The van der Waals surface area contributed by atoms with Gasteiger partial charge < -0.3 is 11.1 Å². The molecule has 0 unspecified atom stereocenters. The van der Waals surface area contributed by atoms with E-state index >= 15 is 0 Å². The van der Waals surface area contributed by atoms with Crippen LogP contribution < -0.4 is 11.1 Å². The number of anilines is 2. The monoisotopic (exact) mass is 298 g/mol. The summed E-state index contributed by atoms with van der Waals surface area (Å²) in [5.41, 5.74) is 6.06. The molecule has 0 aromatic heterocycles. The third-order valence-electron chi connectivity index (χ3n) is 2.48. The van der Waals surface area contributed by atoms with Crippen molar-refractivity contribution in [2.24, 2.45) is 0 Å². The Morgan fingerprint density at radius 1 is 1.11 bits per heavy atom. The van der Waals surface area contributed by atoms with Gasteiger partial charge in [-0.1, -0.05) is 35.3 Å². The van der Waals surface area contributed by atoms with Crippen LogP contribution in [-0.2, 0) is 0 Å². The van der Waals surface area contributed by atoms with Gasteiger partial charge in [0.2, 0.25) is 0 Å². The predicted molar refractivity (Wildman–Crippen MR) is 75.2 cm³/mol. The third kappa shape index (κ3) is 2.80. The Labute approximate surface area is 119 Å². The van der Waals surface area contributed by atoms with Crippen molar-refractivity contribution in [2.45, 2.75) is 0 Å². The summed E-state index contributed by atoms with van der Waals surface area (Å²) in [4.78, 5) is 12.0. The first-order valence-electron chi connectivity index (χ1n) is 5.30. The van der Waals surface area contributed by atoms with Crippen molar-refractivity contribution < 1.29 is 9.18 Å². The van der Waals surface area contributed by atoms with Crippen LogP contribution in [0.2, 0.25) is 10.0 Å². The van der Waals surface area contributed by atoms with Crippen molar-refractivity contribution in [3.05, 3.63) is 57.8 Å². The first-order valence-corrected chi connectivity index (χ1v) is 6.05. The van der Waals surface area contributed by atoms with Crippen LogP contribution in [0.5, 0.6) is 0 Å². The van der Waals surface area contributed by atoms with Gasteiger partial charge in [-0.2, -0.15) is 0 Å². The molecule has 0 fully saturated rings. The van der Waals surface area contributed by atoms with E-state index in [-0.39, 0.29) is 21.3 Å². The van der Waals surface area contributed by atoms with Crippen LogP contribution in [0.15, 0.2) is 36.4 Å². The molecule has 0 aliphatic heterocycles. The van der Waals surface area contributed by atoms with Gasteiger partial charge in [0, 0.05) is 0 Å². The smallest absolute Gasteiger partial charge is 0.258 e. The fourth-order valence-corrected chi connectivity index (χ4v) is 1.94. The molecule has 6 heteroatoms. The summed E-state index contributed by atoms with van der Waals surface area (Å²) in [7, 11) is 0.